The lowest BCUT2D eigenvalue weighted by molar-refractivity contribution is -0.149. The maximum absolute atomic E-state index is 12.2. The third kappa shape index (κ3) is 4.04. The minimum absolute atomic E-state index is 0.297. The SMILES string of the molecule is COC(=O)C(Oc1cc(C(N)CN)ccc1OC)c1ccccc1. The summed E-state index contributed by atoms with van der Waals surface area (Å²) in [5, 5.41) is 0. The number of hydrogen-bond acceptors (Lipinski definition) is 6. The fraction of sp³-hybridized carbons (Fsp3) is 0.278. The van der Waals surface area contributed by atoms with Crippen molar-refractivity contribution in [3.05, 3.63) is 59.7 Å². The maximum Gasteiger partial charge on any atom is 0.351 e. The summed E-state index contributed by atoms with van der Waals surface area (Å²) in [4.78, 5) is 12.2. The highest BCUT2D eigenvalue weighted by atomic mass is 16.6. The van der Waals surface area contributed by atoms with Gasteiger partial charge in [-0.2, -0.15) is 0 Å². The third-order valence-corrected chi connectivity index (χ3v) is 3.63. The normalized spacial score (nSPS) is 13.0. The average molecular weight is 330 g/mol. The molecule has 0 heterocycles. The predicted molar refractivity (Wildman–Crippen MR) is 90.8 cm³/mol. The van der Waals surface area contributed by atoms with Crippen LogP contribution in [0.4, 0.5) is 0 Å². The first kappa shape index (κ1) is 17.8. The average Bonchev–Trinajstić information content (AvgIpc) is 2.65. The van der Waals surface area contributed by atoms with Crippen molar-refractivity contribution >= 4 is 5.97 Å². The lowest BCUT2D eigenvalue weighted by Crippen LogP contribution is -2.22. The third-order valence-electron chi connectivity index (χ3n) is 3.63. The molecule has 2 atom stereocenters. The zero-order chi connectivity index (χ0) is 17.5. The summed E-state index contributed by atoms with van der Waals surface area (Å²) in [6.45, 7) is 0.297. The molecule has 0 saturated heterocycles. The Morgan fingerprint density at radius 1 is 1.04 bits per heavy atom. The van der Waals surface area contributed by atoms with Crippen molar-refractivity contribution in [3.8, 4) is 11.5 Å². The fourth-order valence-corrected chi connectivity index (χ4v) is 2.27. The van der Waals surface area contributed by atoms with Crippen LogP contribution in [0.3, 0.4) is 0 Å². The van der Waals surface area contributed by atoms with Gasteiger partial charge in [-0.05, 0) is 17.7 Å². The molecule has 2 aromatic carbocycles. The van der Waals surface area contributed by atoms with Crippen molar-refractivity contribution in [3.63, 3.8) is 0 Å². The lowest BCUT2D eigenvalue weighted by atomic mass is 10.1. The first-order chi connectivity index (χ1) is 11.6. The van der Waals surface area contributed by atoms with Crippen molar-refractivity contribution in [1.29, 1.82) is 0 Å². The second-order valence-electron chi connectivity index (χ2n) is 5.18. The van der Waals surface area contributed by atoms with Crippen LogP contribution in [-0.4, -0.2) is 26.7 Å². The summed E-state index contributed by atoms with van der Waals surface area (Å²) < 4.78 is 16.1. The molecule has 2 unspecified atom stereocenters. The Morgan fingerprint density at radius 2 is 1.75 bits per heavy atom. The van der Waals surface area contributed by atoms with Crippen LogP contribution in [0.1, 0.15) is 23.3 Å². The van der Waals surface area contributed by atoms with E-state index in [0.29, 0.717) is 23.6 Å². The van der Waals surface area contributed by atoms with Crippen molar-refractivity contribution in [2.24, 2.45) is 11.5 Å². The molecule has 2 aromatic rings. The van der Waals surface area contributed by atoms with E-state index in [1.165, 1.54) is 14.2 Å². The van der Waals surface area contributed by atoms with Gasteiger partial charge in [-0.25, -0.2) is 4.79 Å². The van der Waals surface area contributed by atoms with E-state index in [9.17, 15) is 4.79 Å². The second-order valence-corrected chi connectivity index (χ2v) is 5.18. The Kier molecular flexibility index (Phi) is 6.17. The van der Waals surface area contributed by atoms with E-state index in [1.807, 2.05) is 24.3 Å². The Hall–Kier alpha value is -2.57. The Bertz CT molecular complexity index is 676. The van der Waals surface area contributed by atoms with Crippen LogP contribution in [0.2, 0.25) is 0 Å². The zero-order valence-electron chi connectivity index (χ0n) is 13.8. The van der Waals surface area contributed by atoms with Crippen molar-refractivity contribution in [1.82, 2.24) is 0 Å². The first-order valence-corrected chi connectivity index (χ1v) is 7.53. The number of carbonyl (C=O) groups is 1. The summed E-state index contributed by atoms with van der Waals surface area (Å²) in [7, 11) is 2.85. The standard InChI is InChI=1S/C18H22N2O4/c1-22-15-9-8-13(14(20)11-19)10-16(15)24-17(18(21)23-2)12-6-4-3-5-7-12/h3-10,14,17H,11,19-20H2,1-2H3. The molecule has 0 radical (unpaired) electrons. The minimum Gasteiger partial charge on any atom is -0.493 e. The van der Waals surface area contributed by atoms with Gasteiger partial charge in [-0.1, -0.05) is 36.4 Å². The molecular weight excluding hydrogens is 308 g/mol. The van der Waals surface area contributed by atoms with Crippen LogP contribution >= 0.6 is 0 Å². The van der Waals surface area contributed by atoms with Crippen molar-refractivity contribution in [2.45, 2.75) is 12.1 Å². The summed E-state index contributed by atoms with van der Waals surface area (Å²) >= 11 is 0. The first-order valence-electron chi connectivity index (χ1n) is 7.53. The second kappa shape index (κ2) is 8.33. The number of hydrogen-bond donors (Lipinski definition) is 2. The quantitative estimate of drug-likeness (QED) is 0.753. The topological polar surface area (TPSA) is 96.8 Å². The Balaban J connectivity index is 2.39. The van der Waals surface area contributed by atoms with Gasteiger partial charge in [0.15, 0.2) is 11.5 Å². The van der Waals surface area contributed by atoms with Gasteiger partial charge >= 0.3 is 5.97 Å². The number of ether oxygens (including phenoxy) is 3. The van der Waals surface area contributed by atoms with Crippen LogP contribution in [0.5, 0.6) is 11.5 Å². The highest BCUT2D eigenvalue weighted by Crippen LogP contribution is 2.33. The summed E-state index contributed by atoms with van der Waals surface area (Å²) in [6.07, 6.45) is -0.908. The molecule has 2 rings (SSSR count). The highest BCUT2D eigenvalue weighted by Gasteiger charge is 2.25. The minimum atomic E-state index is -0.908. The Labute approximate surface area is 141 Å². The van der Waals surface area contributed by atoms with Crippen molar-refractivity contribution in [2.75, 3.05) is 20.8 Å². The molecule has 6 heteroatoms. The van der Waals surface area contributed by atoms with E-state index in [4.69, 9.17) is 25.7 Å². The molecule has 0 bridgehead atoms. The van der Waals surface area contributed by atoms with Crippen LogP contribution in [-0.2, 0) is 9.53 Å². The van der Waals surface area contributed by atoms with E-state index in [-0.39, 0.29) is 6.04 Å². The maximum atomic E-state index is 12.2. The molecule has 0 amide bonds. The highest BCUT2D eigenvalue weighted by molar-refractivity contribution is 5.77. The molecule has 0 aliphatic carbocycles. The number of esters is 1. The molecule has 0 saturated carbocycles. The van der Waals surface area contributed by atoms with Gasteiger partial charge in [-0.15, -0.1) is 0 Å². The summed E-state index contributed by atoms with van der Waals surface area (Å²) in [6, 6.07) is 14.1. The van der Waals surface area contributed by atoms with Gasteiger partial charge in [0.25, 0.3) is 0 Å². The molecule has 6 nitrogen and oxygen atoms in total. The van der Waals surface area contributed by atoms with E-state index in [2.05, 4.69) is 0 Å². The number of rotatable bonds is 7. The largest absolute Gasteiger partial charge is 0.493 e. The van der Waals surface area contributed by atoms with Crippen LogP contribution in [0.15, 0.2) is 48.5 Å². The van der Waals surface area contributed by atoms with E-state index in [0.717, 1.165) is 5.56 Å². The predicted octanol–water partition coefficient (Wildman–Crippen LogP) is 1.95. The molecule has 0 aliphatic rings. The lowest BCUT2D eigenvalue weighted by Gasteiger charge is -2.20. The fourth-order valence-electron chi connectivity index (χ4n) is 2.27. The van der Waals surface area contributed by atoms with E-state index in [1.54, 1.807) is 24.3 Å². The monoisotopic (exact) mass is 330 g/mol. The molecule has 128 valence electrons. The van der Waals surface area contributed by atoms with Gasteiger partial charge in [0.1, 0.15) is 0 Å². The number of benzene rings is 2. The number of nitrogens with two attached hydrogens (primary N) is 2. The smallest absolute Gasteiger partial charge is 0.351 e. The molecule has 0 spiro atoms. The van der Waals surface area contributed by atoms with Crippen LogP contribution in [0.25, 0.3) is 0 Å². The van der Waals surface area contributed by atoms with E-state index < -0.39 is 12.1 Å². The molecule has 0 fully saturated rings. The van der Waals surface area contributed by atoms with Gasteiger partial charge in [-0.3, -0.25) is 0 Å². The molecule has 0 aliphatic heterocycles. The van der Waals surface area contributed by atoms with E-state index >= 15 is 0 Å². The number of methoxy groups -OCH3 is 2. The molecule has 4 N–H and O–H groups in total. The van der Waals surface area contributed by atoms with Gasteiger partial charge in [0.2, 0.25) is 6.10 Å². The molecular formula is C18H22N2O4. The molecule has 24 heavy (non-hydrogen) atoms. The summed E-state index contributed by atoms with van der Waals surface area (Å²) in [5.41, 5.74) is 13.1. The van der Waals surface area contributed by atoms with Crippen LogP contribution in [0, 0.1) is 0 Å². The van der Waals surface area contributed by atoms with Gasteiger partial charge in [0.05, 0.1) is 14.2 Å². The number of carbonyl (C=O) groups excluding carboxylic acids is 1. The van der Waals surface area contributed by atoms with Crippen molar-refractivity contribution < 1.29 is 19.0 Å². The summed E-state index contributed by atoms with van der Waals surface area (Å²) in [5.74, 6) is 0.391. The van der Waals surface area contributed by atoms with Crippen LogP contribution < -0.4 is 20.9 Å². The van der Waals surface area contributed by atoms with Gasteiger partial charge in [0, 0.05) is 18.2 Å². The zero-order valence-corrected chi connectivity index (χ0v) is 13.8. The van der Waals surface area contributed by atoms with Gasteiger partial charge < -0.3 is 25.7 Å². The molecule has 0 aromatic heterocycles. The Morgan fingerprint density at radius 3 is 2.33 bits per heavy atom.